The number of hydrogen-bond acceptors (Lipinski definition) is 5. The number of rotatable bonds is 7. The molecule has 2 N–H and O–H groups in total. The highest BCUT2D eigenvalue weighted by atomic mass is 16.5. The van der Waals surface area contributed by atoms with Gasteiger partial charge < -0.3 is 14.8 Å². The van der Waals surface area contributed by atoms with Crippen LogP contribution in [-0.4, -0.2) is 31.7 Å². The Labute approximate surface area is 158 Å². The van der Waals surface area contributed by atoms with Gasteiger partial charge >= 0.3 is 11.8 Å². The summed E-state index contributed by atoms with van der Waals surface area (Å²) in [5.41, 5.74) is 4.33. The Bertz CT molecular complexity index is 834. The van der Waals surface area contributed by atoms with Gasteiger partial charge in [0.15, 0.2) is 11.5 Å². The van der Waals surface area contributed by atoms with Gasteiger partial charge in [-0.05, 0) is 48.7 Å². The number of aryl methyl sites for hydroxylation is 1. The summed E-state index contributed by atoms with van der Waals surface area (Å²) in [4.78, 5) is 23.8. The number of amides is 2. The standard InChI is InChI=1S/C20H23N3O4/c1-4-11-27-17-10-9-15(12-18(17)26-3)13-21-23-20(25)19(24)22-16-8-6-5-7-14(16)2/h5-10,12-13H,4,11H2,1-3H3,(H,22,24)(H,23,25)/b21-13-. The van der Waals surface area contributed by atoms with Crippen LogP contribution >= 0.6 is 0 Å². The van der Waals surface area contributed by atoms with Crippen LogP contribution in [0.1, 0.15) is 24.5 Å². The van der Waals surface area contributed by atoms with E-state index in [2.05, 4.69) is 15.8 Å². The van der Waals surface area contributed by atoms with Gasteiger partial charge in [-0.15, -0.1) is 0 Å². The smallest absolute Gasteiger partial charge is 0.329 e. The molecule has 2 rings (SSSR count). The van der Waals surface area contributed by atoms with Gasteiger partial charge in [-0.1, -0.05) is 25.1 Å². The van der Waals surface area contributed by atoms with Crippen molar-refractivity contribution in [2.45, 2.75) is 20.3 Å². The minimum absolute atomic E-state index is 0.566. The number of methoxy groups -OCH3 is 1. The van der Waals surface area contributed by atoms with E-state index in [1.54, 1.807) is 37.4 Å². The molecule has 0 fully saturated rings. The number of hydrogen-bond donors (Lipinski definition) is 2. The lowest BCUT2D eigenvalue weighted by molar-refractivity contribution is -0.136. The molecular formula is C20H23N3O4. The lowest BCUT2D eigenvalue weighted by Crippen LogP contribution is -2.32. The normalized spacial score (nSPS) is 10.5. The largest absolute Gasteiger partial charge is 0.493 e. The first kappa shape index (κ1) is 20.0. The summed E-state index contributed by atoms with van der Waals surface area (Å²) >= 11 is 0. The van der Waals surface area contributed by atoms with Crippen molar-refractivity contribution in [1.29, 1.82) is 0 Å². The van der Waals surface area contributed by atoms with Crippen molar-refractivity contribution in [1.82, 2.24) is 5.43 Å². The fourth-order valence-corrected chi connectivity index (χ4v) is 2.20. The van der Waals surface area contributed by atoms with Crippen LogP contribution in [0.15, 0.2) is 47.6 Å². The zero-order valence-corrected chi connectivity index (χ0v) is 15.6. The van der Waals surface area contributed by atoms with Crippen LogP contribution in [0.4, 0.5) is 5.69 Å². The molecule has 0 bridgehead atoms. The maximum Gasteiger partial charge on any atom is 0.329 e. The molecule has 7 heteroatoms. The Hall–Kier alpha value is -3.35. The molecule has 0 spiro atoms. The SMILES string of the molecule is CCCOc1ccc(/C=N\NC(=O)C(=O)Nc2ccccc2C)cc1OC. The maximum atomic E-state index is 11.9. The molecular weight excluding hydrogens is 346 g/mol. The van der Waals surface area contributed by atoms with Gasteiger partial charge in [0, 0.05) is 5.69 Å². The summed E-state index contributed by atoms with van der Waals surface area (Å²) < 4.78 is 10.9. The first-order chi connectivity index (χ1) is 13.0. The van der Waals surface area contributed by atoms with E-state index < -0.39 is 11.8 Å². The van der Waals surface area contributed by atoms with Crippen LogP contribution in [-0.2, 0) is 9.59 Å². The van der Waals surface area contributed by atoms with E-state index in [0.717, 1.165) is 12.0 Å². The number of carbonyl (C=O) groups excluding carboxylic acids is 2. The highest BCUT2D eigenvalue weighted by Crippen LogP contribution is 2.27. The second-order valence-electron chi connectivity index (χ2n) is 5.73. The number of anilines is 1. The zero-order chi connectivity index (χ0) is 19.6. The van der Waals surface area contributed by atoms with E-state index in [-0.39, 0.29) is 0 Å². The van der Waals surface area contributed by atoms with Gasteiger partial charge in [-0.2, -0.15) is 5.10 Å². The molecule has 0 radical (unpaired) electrons. The molecule has 0 heterocycles. The summed E-state index contributed by atoms with van der Waals surface area (Å²) in [6.45, 7) is 4.45. The van der Waals surface area contributed by atoms with Gasteiger partial charge in [0.2, 0.25) is 0 Å². The average molecular weight is 369 g/mol. The third kappa shape index (κ3) is 5.85. The van der Waals surface area contributed by atoms with Crippen molar-refractivity contribution in [2.24, 2.45) is 5.10 Å². The highest BCUT2D eigenvalue weighted by Gasteiger charge is 2.13. The number of nitrogens with one attached hydrogen (secondary N) is 2. The van der Waals surface area contributed by atoms with E-state index in [9.17, 15) is 9.59 Å². The first-order valence-corrected chi connectivity index (χ1v) is 8.56. The minimum Gasteiger partial charge on any atom is -0.493 e. The second-order valence-corrected chi connectivity index (χ2v) is 5.73. The van der Waals surface area contributed by atoms with Crippen LogP contribution in [0.3, 0.4) is 0 Å². The summed E-state index contributed by atoms with van der Waals surface area (Å²) in [7, 11) is 1.55. The molecule has 2 amide bonds. The van der Waals surface area contributed by atoms with Crippen molar-refractivity contribution in [3.8, 4) is 11.5 Å². The topological polar surface area (TPSA) is 89.0 Å². The van der Waals surface area contributed by atoms with E-state index in [4.69, 9.17) is 9.47 Å². The summed E-state index contributed by atoms with van der Waals surface area (Å²) in [6, 6.07) is 12.5. The van der Waals surface area contributed by atoms with Crippen LogP contribution in [0.5, 0.6) is 11.5 Å². The molecule has 0 aliphatic rings. The third-order valence-electron chi connectivity index (χ3n) is 3.63. The quantitative estimate of drug-likeness (QED) is 0.446. The average Bonchev–Trinajstić information content (AvgIpc) is 2.68. The molecule has 0 saturated heterocycles. The summed E-state index contributed by atoms with van der Waals surface area (Å²) in [5, 5.41) is 6.35. The van der Waals surface area contributed by atoms with E-state index in [0.29, 0.717) is 29.4 Å². The van der Waals surface area contributed by atoms with Gasteiger partial charge in [-0.3, -0.25) is 9.59 Å². The summed E-state index contributed by atoms with van der Waals surface area (Å²) in [5.74, 6) is -0.444. The number of ether oxygens (including phenoxy) is 2. The number of carbonyl (C=O) groups is 2. The Morgan fingerprint density at radius 1 is 1.11 bits per heavy atom. The molecule has 0 aliphatic heterocycles. The molecule has 7 nitrogen and oxygen atoms in total. The molecule has 0 atom stereocenters. The van der Waals surface area contributed by atoms with Crippen molar-refractivity contribution < 1.29 is 19.1 Å². The number of hydrazone groups is 1. The number of para-hydroxylation sites is 1. The Kier molecular flexibility index (Phi) is 7.37. The van der Waals surface area contributed by atoms with Gasteiger partial charge in [0.05, 0.1) is 19.9 Å². The molecule has 0 aliphatic carbocycles. The van der Waals surface area contributed by atoms with Crippen molar-refractivity contribution in [3.05, 3.63) is 53.6 Å². The lowest BCUT2D eigenvalue weighted by atomic mass is 10.2. The Morgan fingerprint density at radius 3 is 2.59 bits per heavy atom. The Morgan fingerprint density at radius 2 is 1.89 bits per heavy atom. The fraction of sp³-hybridized carbons (Fsp3) is 0.250. The summed E-state index contributed by atoms with van der Waals surface area (Å²) in [6.07, 6.45) is 2.31. The lowest BCUT2D eigenvalue weighted by Gasteiger charge is -2.10. The minimum atomic E-state index is -0.857. The molecule has 0 saturated carbocycles. The predicted octanol–water partition coefficient (Wildman–Crippen LogP) is 2.88. The number of nitrogens with zero attached hydrogens (tertiary/aromatic N) is 1. The van der Waals surface area contributed by atoms with Crippen LogP contribution < -0.4 is 20.2 Å². The molecule has 2 aromatic rings. The second kappa shape index (κ2) is 9.96. The molecule has 142 valence electrons. The molecule has 2 aromatic carbocycles. The van der Waals surface area contributed by atoms with Crippen LogP contribution in [0.2, 0.25) is 0 Å². The molecule has 0 unspecified atom stereocenters. The Balaban J connectivity index is 1.95. The fourth-order valence-electron chi connectivity index (χ4n) is 2.20. The van der Waals surface area contributed by atoms with Gasteiger partial charge in [0.25, 0.3) is 0 Å². The van der Waals surface area contributed by atoms with Crippen LogP contribution in [0.25, 0.3) is 0 Å². The van der Waals surface area contributed by atoms with Crippen molar-refractivity contribution >= 4 is 23.7 Å². The zero-order valence-electron chi connectivity index (χ0n) is 15.6. The maximum absolute atomic E-state index is 11.9. The molecule has 0 aromatic heterocycles. The van der Waals surface area contributed by atoms with E-state index in [1.807, 2.05) is 26.0 Å². The monoisotopic (exact) mass is 369 g/mol. The van der Waals surface area contributed by atoms with Crippen molar-refractivity contribution in [2.75, 3.05) is 19.0 Å². The predicted molar refractivity (Wildman–Crippen MR) is 104 cm³/mol. The van der Waals surface area contributed by atoms with E-state index in [1.165, 1.54) is 6.21 Å². The number of benzene rings is 2. The third-order valence-corrected chi connectivity index (χ3v) is 3.63. The van der Waals surface area contributed by atoms with Gasteiger partial charge in [0.1, 0.15) is 0 Å². The molecule has 27 heavy (non-hydrogen) atoms. The van der Waals surface area contributed by atoms with Crippen LogP contribution in [0, 0.1) is 6.92 Å². The first-order valence-electron chi connectivity index (χ1n) is 8.56. The van der Waals surface area contributed by atoms with E-state index >= 15 is 0 Å². The van der Waals surface area contributed by atoms with Gasteiger partial charge in [-0.25, -0.2) is 5.43 Å². The van der Waals surface area contributed by atoms with Crippen molar-refractivity contribution in [3.63, 3.8) is 0 Å². The highest BCUT2D eigenvalue weighted by molar-refractivity contribution is 6.39.